The number of amides is 4. The Balaban J connectivity index is 0.634. The molecular weight excluding hydrogens is 1200 g/mol. The second-order valence-electron chi connectivity index (χ2n) is 20.3. The van der Waals surface area contributed by atoms with Gasteiger partial charge in [0.05, 0.1) is 36.3 Å². The molecule has 0 radical (unpaired) electrons. The van der Waals surface area contributed by atoms with E-state index < -0.39 is 103 Å². The summed E-state index contributed by atoms with van der Waals surface area (Å²) in [6.07, 6.45) is 0.709. The maximum Gasteiger partial charge on any atom is 0.407 e. The Bertz CT molecular complexity index is 3890. The Morgan fingerprint density at radius 2 is 1.32 bits per heavy atom. The molecule has 2 aliphatic heterocycles. The van der Waals surface area contributed by atoms with E-state index in [-0.39, 0.29) is 108 Å². The molecule has 9 rings (SSSR count). The van der Waals surface area contributed by atoms with Gasteiger partial charge in [-0.05, 0) is 98.6 Å². The van der Waals surface area contributed by atoms with Gasteiger partial charge in [0, 0.05) is 90.9 Å². The number of nitrogens with two attached hydrogens (primary N) is 1. The summed E-state index contributed by atoms with van der Waals surface area (Å²) < 4.78 is 18.8. The van der Waals surface area contributed by atoms with Crippen LogP contribution < -0.4 is 47.7 Å². The molecule has 90 heavy (non-hydrogen) atoms. The van der Waals surface area contributed by atoms with E-state index in [1.54, 1.807) is 48.7 Å². The third-order valence-corrected chi connectivity index (χ3v) is 14.3. The molecule has 4 amide bonds. The number of ether oxygens (including phenoxy) is 3. The summed E-state index contributed by atoms with van der Waals surface area (Å²) in [7, 11) is 0. The van der Waals surface area contributed by atoms with E-state index in [9.17, 15) is 69.0 Å². The van der Waals surface area contributed by atoms with Gasteiger partial charge in [-0.25, -0.2) is 33.9 Å². The molecule has 15 N–H and O–H groups in total. The molecule has 33 heteroatoms. The average molecular weight is 1260 g/mol. The Morgan fingerprint density at radius 1 is 0.711 bits per heavy atom. The summed E-state index contributed by atoms with van der Waals surface area (Å²) in [5, 5.41) is 86.6. The number of aromatic hydroxyl groups is 3. The number of carboxylic acid groups (broad SMARTS) is 3. The quantitative estimate of drug-likeness (QED) is 0.0200. The van der Waals surface area contributed by atoms with Crippen molar-refractivity contribution in [1.82, 2.24) is 61.5 Å². The zero-order chi connectivity index (χ0) is 64.2. The minimum Gasteiger partial charge on any atom is -0.508 e. The number of alkyl carbamates (subject to hydrolysis) is 1. The van der Waals surface area contributed by atoms with E-state index in [1.807, 2.05) is 0 Å². The number of nitrogens with zero attached hydrogens (tertiary/aromatic N) is 7. The highest BCUT2D eigenvalue weighted by Crippen LogP contribution is 2.57. The van der Waals surface area contributed by atoms with Crippen molar-refractivity contribution in [2.45, 2.75) is 81.8 Å². The molecule has 7 aromatic rings. The largest absolute Gasteiger partial charge is 0.508 e. The van der Waals surface area contributed by atoms with Gasteiger partial charge in [0.15, 0.2) is 21.9 Å². The summed E-state index contributed by atoms with van der Waals surface area (Å²) in [6.45, 7) is 0.580. The molecule has 0 bridgehead atoms. The first-order chi connectivity index (χ1) is 43.1. The predicted molar refractivity (Wildman–Crippen MR) is 316 cm³/mol. The number of aromatic nitrogens is 7. The first-order valence-electron chi connectivity index (χ1n) is 27.6. The number of thiocarbonyl (C=S) groups is 1. The number of nitrogen functional groups attached to an aromatic ring is 1. The summed E-state index contributed by atoms with van der Waals surface area (Å²) >= 11 is 5.44. The number of aliphatic carboxylic acids is 3. The standard InChI is InChI=1S/C57H57N15O17S/c58-54-68-47-46(49(78)69-54)63-32(26-62-47)25-61-29-5-3-28(4-6-29)48(77)67-41(52(83)84)14-16-45(76)66-40(51(81)82)13-15-44(75)65-39(50(79)80)2-1-20-72-27-31(70-71-72)17-21-87-56(86)60-19-18-59-55(90)64-30-7-10-36-35(22-30)53(85)89-57(36)37-11-8-33(73)23-42(37)88-43-24-34(74)9-12-38(43)57/h3-12,22-24,26-27,39-41,61,73-74H,1-2,13-21,25H2,(H,60,86)(H,65,75)(H,66,76)(H,67,77)(H,79,80)(H,81,82)(H,83,84)(H2,59,64,90)(H3,58,62,68,69,78)/t39-,40-,41-/m0/s1. The SMILES string of the molecule is Nc1nc(O)c2nc(CNc3ccc(C(=O)N[C@@H](CCC(=O)N[C@@H](CCC(=O)N[C@@H](CCCn4cc(CCOC(=O)NCCNC(=S)Nc5ccc6c(c5)C(=O)OC65c6ccc(O)cc6Oc6cc(O)ccc65)nn4)C(=O)O)C(=O)O)C(=O)O)cc3)cnc2n1. The van der Waals surface area contributed by atoms with Gasteiger partial charge >= 0.3 is 30.0 Å². The van der Waals surface area contributed by atoms with Crippen LogP contribution in [0.5, 0.6) is 28.9 Å². The molecule has 0 fully saturated rings. The van der Waals surface area contributed by atoms with Crippen molar-refractivity contribution in [2.24, 2.45) is 0 Å². The lowest BCUT2D eigenvalue weighted by Crippen LogP contribution is -2.45. The summed E-state index contributed by atoms with van der Waals surface area (Å²) in [6, 6.07) is 15.3. The van der Waals surface area contributed by atoms with Crippen LogP contribution in [0.1, 0.15) is 87.3 Å². The van der Waals surface area contributed by atoms with Crippen molar-refractivity contribution in [1.29, 1.82) is 0 Å². The van der Waals surface area contributed by atoms with Crippen LogP contribution in [-0.2, 0) is 58.6 Å². The topological polar surface area (TPSA) is 478 Å². The number of rotatable bonds is 27. The van der Waals surface area contributed by atoms with Crippen molar-refractivity contribution in [3.63, 3.8) is 0 Å². The van der Waals surface area contributed by atoms with Gasteiger partial charge in [0.25, 0.3) is 5.91 Å². The van der Waals surface area contributed by atoms with E-state index in [0.29, 0.717) is 39.5 Å². The van der Waals surface area contributed by atoms with Crippen LogP contribution in [0, 0.1) is 0 Å². The number of esters is 1. The minimum atomic E-state index is -1.61. The summed E-state index contributed by atoms with van der Waals surface area (Å²) in [5.74, 6) is -7.68. The van der Waals surface area contributed by atoms with Crippen molar-refractivity contribution in [3.05, 3.63) is 130 Å². The van der Waals surface area contributed by atoms with E-state index in [1.165, 1.54) is 47.3 Å². The number of fused-ring (bicyclic) bond motifs is 7. The van der Waals surface area contributed by atoms with Gasteiger partial charge in [-0.15, -0.1) is 5.10 Å². The molecule has 3 aromatic heterocycles. The number of benzene rings is 4. The zero-order valence-corrected chi connectivity index (χ0v) is 48.0. The molecule has 3 atom stereocenters. The van der Waals surface area contributed by atoms with Crippen LogP contribution >= 0.6 is 12.2 Å². The minimum absolute atomic E-state index is 0.0484. The predicted octanol–water partition coefficient (Wildman–Crippen LogP) is 2.51. The number of hydrogen-bond acceptors (Lipinski definition) is 23. The molecule has 468 valence electrons. The normalized spacial score (nSPS) is 13.4. The van der Waals surface area contributed by atoms with Gasteiger partial charge in [-0.3, -0.25) is 19.1 Å². The van der Waals surface area contributed by atoms with E-state index in [2.05, 4.69) is 67.5 Å². The first kappa shape index (κ1) is 63.0. The fourth-order valence-electron chi connectivity index (χ4n) is 9.68. The number of phenols is 2. The lowest BCUT2D eigenvalue weighted by molar-refractivity contribution is -0.143. The molecule has 1 spiro atoms. The van der Waals surface area contributed by atoms with Crippen molar-refractivity contribution < 1.29 is 83.2 Å². The number of carboxylic acids is 3. The molecule has 2 aliphatic rings. The van der Waals surface area contributed by atoms with E-state index in [4.69, 9.17) is 32.2 Å². The number of hydrogen-bond donors (Lipinski definition) is 14. The van der Waals surface area contributed by atoms with Crippen molar-refractivity contribution >= 4 is 93.5 Å². The number of aryl methyl sites for hydroxylation is 1. The van der Waals surface area contributed by atoms with Gasteiger partial charge in [-0.2, -0.15) is 9.97 Å². The summed E-state index contributed by atoms with van der Waals surface area (Å²) in [4.78, 5) is 117. The number of anilines is 3. The van der Waals surface area contributed by atoms with Crippen LogP contribution in [0.3, 0.4) is 0 Å². The van der Waals surface area contributed by atoms with Gasteiger partial charge in [0.1, 0.15) is 41.1 Å². The Morgan fingerprint density at radius 3 is 1.98 bits per heavy atom. The number of nitrogens with one attached hydrogen (secondary N) is 7. The highest BCUT2D eigenvalue weighted by molar-refractivity contribution is 7.80. The molecular formula is C57H57N15O17S. The third kappa shape index (κ3) is 15.4. The zero-order valence-electron chi connectivity index (χ0n) is 47.2. The van der Waals surface area contributed by atoms with Crippen LogP contribution in [0.15, 0.2) is 91.3 Å². The molecule has 0 saturated heterocycles. The van der Waals surface area contributed by atoms with Gasteiger partial charge in [0.2, 0.25) is 23.6 Å². The molecule has 0 saturated carbocycles. The second kappa shape index (κ2) is 27.9. The first-order valence-corrected chi connectivity index (χ1v) is 28.0. The van der Waals surface area contributed by atoms with Crippen LogP contribution in [0.2, 0.25) is 0 Å². The highest BCUT2D eigenvalue weighted by atomic mass is 32.1. The van der Waals surface area contributed by atoms with Crippen molar-refractivity contribution in [3.8, 4) is 28.9 Å². The fourth-order valence-corrected chi connectivity index (χ4v) is 9.90. The summed E-state index contributed by atoms with van der Waals surface area (Å²) in [5.41, 5.74) is 7.93. The van der Waals surface area contributed by atoms with Crippen LogP contribution in [-0.4, -0.2) is 156 Å². The number of phenolic OH excluding ortho intramolecular Hbond substituents is 2. The Kier molecular flexibility index (Phi) is 19.5. The average Bonchev–Trinajstić information content (AvgIpc) is 1.47. The fraction of sp³-hybridized carbons (Fsp3) is 0.281. The van der Waals surface area contributed by atoms with Gasteiger partial charge in [-0.1, -0.05) is 11.3 Å². The molecule has 4 aromatic carbocycles. The third-order valence-electron chi connectivity index (χ3n) is 14.0. The number of carbonyl (C=O) groups excluding carboxylic acids is 5. The van der Waals surface area contributed by atoms with Crippen molar-refractivity contribution in [2.75, 3.05) is 36.1 Å². The van der Waals surface area contributed by atoms with E-state index in [0.717, 1.165) is 0 Å². The van der Waals surface area contributed by atoms with Crippen LogP contribution in [0.25, 0.3) is 11.2 Å². The maximum atomic E-state index is 13.5. The highest BCUT2D eigenvalue weighted by Gasteiger charge is 2.54. The molecule has 5 heterocycles. The number of carbonyl (C=O) groups is 8. The Hall–Kier alpha value is -11.5. The molecule has 32 nitrogen and oxygen atoms in total. The van der Waals surface area contributed by atoms with Crippen LogP contribution in [0.4, 0.5) is 22.1 Å². The molecule has 0 aliphatic carbocycles. The smallest absolute Gasteiger partial charge is 0.407 e. The lowest BCUT2D eigenvalue weighted by atomic mass is 9.77. The van der Waals surface area contributed by atoms with Gasteiger partial charge < -0.3 is 87.8 Å². The maximum absolute atomic E-state index is 13.5. The second-order valence-corrected chi connectivity index (χ2v) is 20.7. The lowest BCUT2D eigenvalue weighted by Gasteiger charge is -2.36. The monoisotopic (exact) mass is 1260 g/mol. The Labute approximate surface area is 513 Å². The molecule has 0 unspecified atom stereocenters. The van der Waals surface area contributed by atoms with E-state index >= 15 is 0 Å².